The average Bonchev–Trinajstić information content (AvgIpc) is 2.97. The second kappa shape index (κ2) is 6.73. The number of rotatable bonds is 5. The van der Waals surface area contributed by atoms with Gasteiger partial charge in [0.2, 0.25) is 0 Å². The Hall–Kier alpha value is -2.17. The highest BCUT2D eigenvalue weighted by Crippen LogP contribution is 2.24. The SMILES string of the molecule is CN(Cc1ccncc1)Cc1cn[nH]c1-c1ccc(Cl)cc1. The normalized spacial score (nSPS) is 11.0. The number of halogens is 1. The molecule has 0 bridgehead atoms. The maximum absolute atomic E-state index is 5.95. The van der Waals surface area contributed by atoms with E-state index in [0.717, 1.165) is 29.4 Å². The summed E-state index contributed by atoms with van der Waals surface area (Å²) in [6.45, 7) is 1.69. The summed E-state index contributed by atoms with van der Waals surface area (Å²) in [5, 5.41) is 8.00. The first-order valence-corrected chi connectivity index (χ1v) is 7.46. The van der Waals surface area contributed by atoms with E-state index in [1.54, 1.807) is 0 Å². The van der Waals surface area contributed by atoms with Gasteiger partial charge in [0.05, 0.1) is 11.9 Å². The number of H-pyrrole nitrogens is 1. The van der Waals surface area contributed by atoms with Gasteiger partial charge < -0.3 is 0 Å². The maximum atomic E-state index is 5.95. The van der Waals surface area contributed by atoms with Crippen molar-refractivity contribution in [2.45, 2.75) is 13.1 Å². The van der Waals surface area contributed by atoms with Gasteiger partial charge in [-0.25, -0.2) is 0 Å². The molecule has 5 heteroatoms. The Kier molecular flexibility index (Phi) is 4.51. The summed E-state index contributed by atoms with van der Waals surface area (Å²) in [5.41, 5.74) is 4.54. The topological polar surface area (TPSA) is 44.8 Å². The smallest absolute Gasteiger partial charge is 0.0695 e. The molecule has 0 saturated heterocycles. The van der Waals surface area contributed by atoms with E-state index in [9.17, 15) is 0 Å². The first kappa shape index (κ1) is 14.8. The first-order chi connectivity index (χ1) is 10.7. The number of benzene rings is 1. The number of hydrogen-bond donors (Lipinski definition) is 1. The van der Waals surface area contributed by atoms with E-state index in [-0.39, 0.29) is 0 Å². The number of hydrogen-bond acceptors (Lipinski definition) is 3. The summed E-state index contributed by atoms with van der Waals surface area (Å²) in [6.07, 6.45) is 5.52. The molecule has 0 saturated carbocycles. The highest BCUT2D eigenvalue weighted by atomic mass is 35.5. The van der Waals surface area contributed by atoms with Crippen LogP contribution in [0, 0.1) is 0 Å². The minimum atomic E-state index is 0.736. The van der Waals surface area contributed by atoms with Crippen LogP contribution in [0.3, 0.4) is 0 Å². The molecule has 0 amide bonds. The van der Waals surface area contributed by atoms with Crippen molar-refractivity contribution in [1.29, 1.82) is 0 Å². The minimum absolute atomic E-state index is 0.736. The van der Waals surface area contributed by atoms with Gasteiger partial charge >= 0.3 is 0 Å². The number of nitrogens with zero attached hydrogens (tertiary/aromatic N) is 3. The van der Waals surface area contributed by atoms with Crippen LogP contribution in [0.2, 0.25) is 5.02 Å². The monoisotopic (exact) mass is 312 g/mol. The van der Waals surface area contributed by atoms with Crippen LogP contribution >= 0.6 is 11.6 Å². The molecule has 112 valence electrons. The summed E-state index contributed by atoms with van der Waals surface area (Å²) in [5.74, 6) is 0. The Morgan fingerprint density at radius 3 is 2.50 bits per heavy atom. The quantitative estimate of drug-likeness (QED) is 0.780. The summed E-state index contributed by atoms with van der Waals surface area (Å²) < 4.78 is 0. The van der Waals surface area contributed by atoms with E-state index < -0.39 is 0 Å². The fourth-order valence-electron chi connectivity index (χ4n) is 2.44. The lowest BCUT2D eigenvalue weighted by Crippen LogP contribution is -2.17. The fraction of sp³-hybridized carbons (Fsp3) is 0.176. The molecule has 0 atom stereocenters. The van der Waals surface area contributed by atoms with Crippen LogP contribution in [0.5, 0.6) is 0 Å². The molecule has 0 fully saturated rings. The molecular formula is C17H17ClN4. The highest BCUT2D eigenvalue weighted by molar-refractivity contribution is 6.30. The second-order valence-corrected chi connectivity index (χ2v) is 5.74. The van der Waals surface area contributed by atoms with Crippen molar-refractivity contribution in [3.05, 3.63) is 71.1 Å². The van der Waals surface area contributed by atoms with Gasteiger partial charge in [-0.15, -0.1) is 0 Å². The molecule has 1 N–H and O–H groups in total. The molecule has 0 aliphatic carbocycles. The van der Waals surface area contributed by atoms with Gasteiger partial charge in [0, 0.05) is 36.1 Å². The Morgan fingerprint density at radius 2 is 1.77 bits per heavy atom. The van der Waals surface area contributed by atoms with Crippen molar-refractivity contribution < 1.29 is 0 Å². The first-order valence-electron chi connectivity index (χ1n) is 7.08. The van der Waals surface area contributed by atoms with Gasteiger partial charge in [-0.1, -0.05) is 23.7 Å². The van der Waals surface area contributed by atoms with Gasteiger partial charge in [0.1, 0.15) is 0 Å². The molecular weight excluding hydrogens is 296 g/mol. The Labute approximate surface area is 134 Å². The van der Waals surface area contributed by atoms with Gasteiger partial charge in [0.25, 0.3) is 0 Å². The molecule has 4 nitrogen and oxygen atoms in total. The molecule has 0 spiro atoms. The minimum Gasteiger partial charge on any atom is -0.298 e. The Morgan fingerprint density at radius 1 is 1.05 bits per heavy atom. The Balaban J connectivity index is 1.73. The van der Waals surface area contributed by atoms with Gasteiger partial charge in [-0.05, 0) is 42.4 Å². The lowest BCUT2D eigenvalue weighted by Gasteiger charge is -2.16. The van der Waals surface area contributed by atoms with E-state index in [1.807, 2.05) is 55.0 Å². The number of aromatic amines is 1. The summed E-state index contributed by atoms with van der Waals surface area (Å²) >= 11 is 5.95. The second-order valence-electron chi connectivity index (χ2n) is 5.30. The molecule has 3 aromatic rings. The molecule has 1 aromatic carbocycles. The van der Waals surface area contributed by atoms with Crippen molar-refractivity contribution in [3.8, 4) is 11.3 Å². The summed E-state index contributed by atoms with van der Waals surface area (Å²) in [6, 6.07) is 11.9. The van der Waals surface area contributed by atoms with Crippen LogP contribution in [0.15, 0.2) is 55.0 Å². The van der Waals surface area contributed by atoms with E-state index in [2.05, 4.69) is 27.1 Å². The van der Waals surface area contributed by atoms with Gasteiger partial charge in [-0.3, -0.25) is 15.0 Å². The van der Waals surface area contributed by atoms with Crippen LogP contribution < -0.4 is 0 Å². The standard InChI is InChI=1S/C17H17ClN4/c1-22(11-13-6-8-19-9-7-13)12-15-10-20-21-17(15)14-2-4-16(18)5-3-14/h2-10H,11-12H2,1H3,(H,20,21). The molecule has 2 aromatic heterocycles. The van der Waals surface area contributed by atoms with Gasteiger partial charge in [-0.2, -0.15) is 5.10 Å². The zero-order valence-electron chi connectivity index (χ0n) is 12.3. The third-order valence-corrected chi connectivity index (χ3v) is 3.74. The van der Waals surface area contributed by atoms with Crippen molar-refractivity contribution in [2.24, 2.45) is 0 Å². The average molecular weight is 313 g/mol. The lowest BCUT2D eigenvalue weighted by molar-refractivity contribution is 0.319. The zero-order valence-corrected chi connectivity index (χ0v) is 13.1. The molecule has 3 rings (SSSR count). The van der Waals surface area contributed by atoms with E-state index >= 15 is 0 Å². The largest absolute Gasteiger partial charge is 0.298 e. The summed E-state index contributed by atoms with van der Waals surface area (Å²) in [4.78, 5) is 6.29. The lowest BCUT2D eigenvalue weighted by atomic mass is 10.1. The molecule has 0 aliphatic heterocycles. The number of nitrogens with one attached hydrogen (secondary N) is 1. The van der Waals surface area contributed by atoms with Crippen LogP contribution in [-0.4, -0.2) is 27.1 Å². The van der Waals surface area contributed by atoms with E-state index in [1.165, 1.54) is 11.1 Å². The van der Waals surface area contributed by atoms with Crippen molar-refractivity contribution >= 4 is 11.6 Å². The fourth-order valence-corrected chi connectivity index (χ4v) is 2.57. The van der Waals surface area contributed by atoms with Crippen LogP contribution in [0.1, 0.15) is 11.1 Å². The zero-order chi connectivity index (χ0) is 15.4. The molecule has 0 aliphatic rings. The summed E-state index contributed by atoms with van der Waals surface area (Å²) in [7, 11) is 2.10. The van der Waals surface area contributed by atoms with E-state index in [4.69, 9.17) is 11.6 Å². The third kappa shape index (κ3) is 3.53. The predicted octanol–water partition coefficient (Wildman–Crippen LogP) is 3.76. The Bertz CT molecular complexity index is 722. The molecule has 22 heavy (non-hydrogen) atoms. The van der Waals surface area contributed by atoms with Crippen LogP contribution in [-0.2, 0) is 13.1 Å². The number of pyridine rings is 1. The highest BCUT2D eigenvalue weighted by Gasteiger charge is 2.10. The van der Waals surface area contributed by atoms with Crippen LogP contribution in [0.4, 0.5) is 0 Å². The maximum Gasteiger partial charge on any atom is 0.0695 e. The molecule has 2 heterocycles. The van der Waals surface area contributed by atoms with Crippen molar-refractivity contribution in [1.82, 2.24) is 20.1 Å². The van der Waals surface area contributed by atoms with Crippen molar-refractivity contribution in [3.63, 3.8) is 0 Å². The van der Waals surface area contributed by atoms with E-state index in [0.29, 0.717) is 0 Å². The van der Waals surface area contributed by atoms with Crippen LogP contribution in [0.25, 0.3) is 11.3 Å². The molecule has 0 unspecified atom stereocenters. The molecule has 0 radical (unpaired) electrons. The third-order valence-electron chi connectivity index (χ3n) is 3.49. The predicted molar refractivity (Wildman–Crippen MR) is 88.4 cm³/mol. The number of aromatic nitrogens is 3. The van der Waals surface area contributed by atoms with Gasteiger partial charge in [0.15, 0.2) is 0 Å². The van der Waals surface area contributed by atoms with Crippen molar-refractivity contribution in [2.75, 3.05) is 7.05 Å².